The van der Waals surface area contributed by atoms with Gasteiger partial charge in [0.25, 0.3) is 0 Å². The monoisotopic (exact) mass is 427 g/mol. The Morgan fingerprint density at radius 2 is 2.24 bits per heavy atom. The number of furan rings is 1. The van der Waals surface area contributed by atoms with Crippen molar-refractivity contribution in [2.24, 2.45) is 4.99 Å². The molecule has 1 aromatic heterocycles. The number of hydrogen-bond acceptors (Lipinski definition) is 4. The van der Waals surface area contributed by atoms with Crippen LogP contribution in [0, 0.1) is 0 Å². The fourth-order valence-electron chi connectivity index (χ4n) is 2.23. The van der Waals surface area contributed by atoms with Crippen molar-refractivity contribution in [3.8, 4) is 0 Å². The van der Waals surface area contributed by atoms with Crippen LogP contribution >= 0.6 is 24.0 Å². The van der Waals surface area contributed by atoms with Crippen LogP contribution < -0.4 is 5.32 Å². The zero-order chi connectivity index (χ0) is 14.8. The second-order valence-electron chi connectivity index (χ2n) is 5.53. The van der Waals surface area contributed by atoms with E-state index in [0.717, 1.165) is 5.56 Å². The van der Waals surface area contributed by atoms with Crippen molar-refractivity contribution in [2.45, 2.75) is 25.1 Å². The lowest BCUT2D eigenvalue weighted by Crippen LogP contribution is -2.57. The summed E-state index contributed by atoms with van der Waals surface area (Å²) in [5, 5.41) is 3.23. The van der Waals surface area contributed by atoms with Crippen LogP contribution in [0.25, 0.3) is 0 Å². The van der Waals surface area contributed by atoms with Gasteiger partial charge >= 0.3 is 0 Å². The minimum atomic E-state index is -3.03. The topological polar surface area (TPSA) is 74.9 Å². The lowest BCUT2D eigenvalue weighted by molar-refractivity contribution is 0.353. The van der Waals surface area contributed by atoms with Crippen LogP contribution in [-0.2, 0) is 16.4 Å². The minimum Gasteiger partial charge on any atom is -0.472 e. The molecule has 21 heavy (non-hydrogen) atoms. The number of guanidine groups is 1. The highest BCUT2D eigenvalue weighted by Crippen LogP contribution is 2.23. The fourth-order valence-corrected chi connectivity index (χ4v) is 3.60. The molecule has 1 aliphatic rings. The van der Waals surface area contributed by atoms with Gasteiger partial charge in [0.2, 0.25) is 0 Å². The molecule has 1 N–H and O–H groups in total. The molecular formula is C13H22IN3O3S. The normalized spacial score (nSPS) is 20.7. The lowest BCUT2D eigenvalue weighted by Gasteiger charge is -2.39. The summed E-state index contributed by atoms with van der Waals surface area (Å²) in [6.07, 6.45) is 3.29. The zero-order valence-corrected chi connectivity index (χ0v) is 15.6. The third kappa shape index (κ3) is 4.12. The van der Waals surface area contributed by atoms with E-state index in [1.54, 1.807) is 33.4 Å². The summed E-state index contributed by atoms with van der Waals surface area (Å²) in [5.41, 5.74) is 1.02. The summed E-state index contributed by atoms with van der Waals surface area (Å²) < 4.78 is 28.3. The summed E-state index contributed by atoms with van der Waals surface area (Å²) in [7, 11) is -1.33. The highest BCUT2D eigenvalue weighted by atomic mass is 127. The summed E-state index contributed by atoms with van der Waals surface area (Å²) in [6.45, 7) is 5.04. The molecular weight excluding hydrogens is 405 g/mol. The quantitative estimate of drug-likeness (QED) is 0.440. The Morgan fingerprint density at radius 1 is 1.52 bits per heavy atom. The molecule has 1 aliphatic heterocycles. The van der Waals surface area contributed by atoms with Gasteiger partial charge in [0.05, 0.1) is 23.0 Å². The number of sulfone groups is 1. The van der Waals surface area contributed by atoms with Crippen molar-refractivity contribution in [1.82, 2.24) is 10.2 Å². The third-order valence-corrected chi connectivity index (χ3v) is 6.12. The summed E-state index contributed by atoms with van der Waals surface area (Å²) >= 11 is 0. The van der Waals surface area contributed by atoms with Gasteiger partial charge in [-0.05, 0) is 19.9 Å². The number of hydrogen-bond donors (Lipinski definition) is 1. The predicted molar refractivity (Wildman–Crippen MR) is 93.8 cm³/mol. The van der Waals surface area contributed by atoms with Gasteiger partial charge in [0.1, 0.15) is 0 Å². The maximum absolute atomic E-state index is 12.0. The Bertz CT molecular complexity index is 582. The van der Waals surface area contributed by atoms with Crippen LogP contribution in [0.4, 0.5) is 0 Å². The second-order valence-corrected chi connectivity index (χ2v) is 8.28. The van der Waals surface area contributed by atoms with E-state index in [1.807, 2.05) is 11.0 Å². The van der Waals surface area contributed by atoms with E-state index in [9.17, 15) is 8.42 Å². The predicted octanol–water partition coefficient (Wildman–Crippen LogP) is 1.48. The van der Waals surface area contributed by atoms with Gasteiger partial charge in [-0.25, -0.2) is 8.42 Å². The summed E-state index contributed by atoms with van der Waals surface area (Å²) in [5.74, 6) is 0.876. The Labute approximate surface area is 142 Å². The number of aliphatic imine (C=N–C) groups is 1. The van der Waals surface area contributed by atoms with Crippen molar-refractivity contribution in [3.63, 3.8) is 0 Å². The fraction of sp³-hybridized carbons (Fsp3) is 0.615. The van der Waals surface area contributed by atoms with Crippen LogP contribution in [0.1, 0.15) is 19.4 Å². The van der Waals surface area contributed by atoms with E-state index in [1.165, 1.54) is 0 Å². The van der Waals surface area contributed by atoms with Gasteiger partial charge in [0.15, 0.2) is 15.8 Å². The van der Waals surface area contributed by atoms with Crippen molar-refractivity contribution >= 4 is 39.8 Å². The van der Waals surface area contributed by atoms with Crippen LogP contribution in [0.5, 0.6) is 0 Å². The zero-order valence-electron chi connectivity index (χ0n) is 12.5. The van der Waals surface area contributed by atoms with E-state index in [0.29, 0.717) is 25.6 Å². The first kappa shape index (κ1) is 18.3. The average Bonchev–Trinajstić information content (AvgIpc) is 2.87. The number of nitrogens with zero attached hydrogens (tertiary/aromatic N) is 2. The highest BCUT2D eigenvalue weighted by molar-refractivity contribution is 14.0. The molecule has 0 aliphatic carbocycles. The molecule has 120 valence electrons. The van der Waals surface area contributed by atoms with Crippen molar-refractivity contribution in [2.75, 3.05) is 25.9 Å². The molecule has 2 rings (SSSR count). The minimum absolute atomic E-state index is 0. The first-order valence-electron chi connectivity index (χ1n) is 6.55. The van der Waals surface area contributed by atoms with E-state index in [4.69, 9.17) is 4.42 Å². The molecule has 2 heterocycles. The van der Waals surface area contributed by atoms with E-state index < -0.39 is 14.6 Å². The van der Waals surface area contributed by atoms with Gasteiger partial charge in [-0.2, -0.15) is 0 Å². The highest BCUT2D eigenvalue weighted by Gasteiger charge is 2.40. The Morgan fingerprint density at radius 3 is 2.76 bits per heavy atom. The standard InChI is InChI=1S/C13H21N3O3S.HI/c1-13(2)10-16(5-7-20(13,17)18)12(14-3)15-8-11-4-6-19-9-11;/h4,6,9H,5,7-8,10H2,1-3H3,(H,14,15);1H. The molecule has 1 saturated heterocycles. The van der Waals surface area contributed by atoms with Gasteiger partial charge in [-0.15, -0.1) is 24.0 Å². The van der Waals surface area contributed by atoms with Crippen LogP contribution in [-0.4, -0.2) is 49.9 Å². The average molecular weight is 427 g/mol. The first-order chi connectivity index (χ1) is 9.36. The first-order valence-corrected chi connectivity index (χ1v) is 8.20. The van der Waals surface area contributed by atoms with Crippen LogP contribution in [0.3, 0.4) is 0 Å². The van der Waals surface area contributed by atoms with Gasteiger partial charge < -0.3 is 14.6 Å². The Kier molecular flexibility index (Phi) is 6.09. The van der Waals surface area contributed by atoms with E-state index >= 15 is 0 Å². The molecule has 0 spiro atoms. The molecule has 0 bridgehead atoms. The third-order valence-electron chi connectivity index (χ3n) is 3.59. The molecule has 6 nitrogen and oxygen atoms in total. The molecule has 0 saturated carbocycles. The smallest absolute Gasteiger partial charge is 0.193 e. The van der Waals surface area contributed by atoms with Gasteiger partial charge in [-0.1, -0.05) is 0 Å². The van der Waals surface area contributed by atoms with Crippen molar-refractivity contribution in [1.29, 1.82) is 0 Å². The second kappa shape index (κ2) is 6.99. The molecule has 1 fully saturated rings. The Hall–Kier alpha value is -0.770. The molecule has 0 aromatic carbocycles. The van der Waals surface area contributed by atoms with E-state index in [2.05, 4.69) is 10.3 Å². The molecule has 0 amide bonds. The maximum atomic E-state index is 12.0. The van der Waals surface area contributed by atoms with Crippen LogP contribution in [0.15, 0.2) is 28.0 Å². The molecule has 8 heteroatoms. The molecule has 0 unspecified atom stereocenters. The van der Waals surface area contributed by atoms with Crippen LogP contribution in [0.2, 0.25) is 0 Å². The Balaban J connectivity index is 0.00000220. The van der Waals surface area contributed by atoms with Crippen molar-refractivity contribution < 1.29 is 12.8 Å². The summed E-state index contributed by atoms with van der Waals surface area (Å²) in [6, 6.07) is 1.88. The largest absolute Gasteiger partial charge is 0.472 e. The maximum Gasteiger partial charge on any atom is 0.193 e. The number of rotatable bonds is 2. The number of halogens is 1. The molecule has 1 aromatic rings. The molecule has 0 radical (unpaired) electrons. The summed E-state index contributed by atoms with van der Waals surface area (Å²) in [4.78, 5) is 6.22. The van der Waals surface area contributed by atoms with Gasteiger partial charge in [-0.3, -0.25) is 4.99 Å². The van der Waals surface area contributed by atoms with Gasteiger partial charge in [0, 0.05) is 32.2 Å². The number of nitrogens with one attached hydrogen (secondary N) is 1. The lowest BCUT2D eigenvalue weighted by atomic mass is 10.2. The SMILES string of the molecule is CN=C(NCc1ccoc1)N1CCS(=O)(=O)C(C)(C)C1.I. The van der Waals surface area contributed by atoms with Crippen molar-refractivity contribution in [3.05, 3.63) is 24.2 Å². The van der Waals surface area contributed by atoms with E-state index in [-0.39, 0.29) is 29.7 Å². The molecule has 0 atom stereocenters.